The first kappa shape index (κ1) is 15.7. The Kier molecular flexibility index (Phi) is 4.32. The number of carbonyl (C=O) groups is 1. The number of nitrogens with zero attached hydrogens (tertiary/aromatic N) is 4. The SMILES string of the molecule is O=C1CSC(=Nc2cnn(COc3ccc(Br)cc3)c2)N1C1CC1. The molecule has 1 aromatic heterocycles. The van der Waals surface area contributed by atoms with Crippen molar-refractivity contribution in [1.82, 2.24) is 14.7 Å². The zero-order valence-electron chi connectivity index (χ0n) is 12.8. The molecule has 124 valence electrons. The molecule has 1 saturated carbocycles. The molecule has 1 aliphatic carbocycles. The van der Waals surface area contributed by atoms with Crippen LogP contribution in [0, 0.1) is 0 Å². The highest BCUT2D eigenvalue weighted by molar-refractivity contribution is 9.10. The van der Waals surface area contributed by atoms with Crippen LogP contribution in [0.3, 0.4) is 0 Å². The third-order valence-electron chi connectivity index (χ3n) is 3.73. The molecule has 1 amide bonds. The minimum atomic E-state index is 0.159. The van der Waals surface area contributed by atoms with Gasteiger partial charge in [0.1, 0.15) is 11.4 Å². The number of carbonyl (C=O) groups excluding carboxylic acids is 1. The van der Waals surface area contributed by atoms with Crippen molar-refractivity contribution in [3.63, 3.8) is 0 Å². The highest BCUT2D eigenvalue weighted by Gasteiger charge is 2.40. The summed E-state index contributed by atoms with van der Waals surface area (Å²) < 4.78 is 8.37. The summed E-state index contributed by atoms with van der Waals surface area (Å²) in [5.74, 6) is 1.42. The van der Waals surface area contributed by atoms with Gasteiger partial charge < -0.3 is 4.74 Å². The lowest BCUT2D eigenvalue weighted by molar-refractivity contribution is -0.124. The van der Waals surface area contributed by atoms with E-state index in [4.69, 9.17) is 4.74 Å². The fourth-order valence-corrected chi connectivity index (χ4v) is 3.63. The molecule has 2 fully saturated rings. The number of amides is 1. The van der Waals surface area contributed by atoms with Gasteiger partial charge in [0, 0.05) is 10.5 Å². The number of aliphatic imine (C=N–C) groups is 1. The van der Waals surface area contributed by atoms with Crippen LogP contribution in [0.5, 0.6) is 5.75 Å². The number of aromatic nitrogens is 2. The highest BCUT2D eigenvalue weighted by Crippen LogP contribution is 2.34. The van der Waals surface area contributed by atoms with Gasteiger partial charge in [0.15, 0.2) is 11.9 Å². The molecule has 2 aromatic rings. The van der Waals surface area contributed by atoms with E-state index >= 15 is 0 Å². The minimum absolute atomic E-state index is 0.159. The Morgan fingerprint density at radius 3 is 2.88 bits per heavy atom. The van der Waals surface area contributed by atoms with E-state index < -0.39 is 0 Å². The predicted molar refractivity (Wildman–Crippen MR) is 96.4 cm³/mol. The Morgan fingerprint density at radius 1 is 1.33 bits per heavy atom. The molecule has 0 N–H and O–H groups in total. The summed E-state index contributed by atoms with van der Waals surface area (Å²) in [6.45, 7) is 0.310. The molecule has 2 aliphatic rings. The van der Waals surface area contributed by atoms with E-state index in [9.17, 15) is 4.79 Å². The summed E-state index contributed by atoms with van der Waals surface area (Å²) >= 11 is 4.89. The molecule has 1 aromatic carbocycles. The third kappa shape index (κ3) is 3.49. The molecule has 0 atom stereocenters. The summed E-state index contributed by atoms with van der Waals surface area (Å²) in [6.07, 6.45) is 5.66. The van der Waals surface area contributed by atoms with Crippen molar-refractivity contribution in [2.75, 3.05) is 5.75 Å². The molecule has 8 heteroatoms. The molecule has 4 rings (SSSR count). The number of hydrogen-bond donors (Lipinski definition) is 0. The third-order valence-corrected chi connectivity index (χ3v) is 5.20. The van der Waals surface area contributed by atoms with E-state index in [1.165, 1.54) is 11.8 Å². The van der Waals surface area contributed by atoms with E-state index in [1.54, 1.807) is 10.9 Å². The number of halogens is 1. The zero-order valence-corrected chi connectivity index (χ0v) is 15.2. The van der Waals surface area contributed by atoms with Crippen LogP contribution < -0.4 is 4.74 Å². The molecule has 24 heavy (non-hydrogen) atoms. The van der Waals surface area contributed by atoms with E-state index in [2.05, 4.69) is 26.0 Å². The first-order valence-corrected chi connectivity index (χ1v) is 9.41. The van der Waals surface area contributed by atoms with Gasteiger partial charge in [-0.15, -0.1) is 0 Å². The Morgan fingerprint density at radius 2 is 2.12 bits per heavy atom. The first-order valence-electron chi connectivity index (χ1n) is 7.63. The van der Waals surface area contributed by atoms with E-state index in [0.717, 1.165) is 33.9 Å². The van der Waals surface area contributed by atoms with Crippen molar-refractivity contribution >= 4 is 44.5 Å². The van der Waals surface area contributed by atoms with Crippen LogP contribution in [0.2, 0.25) is 0 Å². The molecular weight excluding hydrogens is 392 g/mol. The predicted octanol–water partition coefficient (Wildman–Crippen LogP) is 3.41. The fraction of sp³-hybridized carbons (Fsp3) is 0.312. The number of amidine groups is 1. The van der Waals surface area contributed by atoms with Crippen LogP contribution in [0.1, 0.15) is 12.8 Å². The van der Waals surface area contributed by atoms with E-state index in [1.807, 2.05) is 35.4 Å². The molecule has 1 saturated heterocycles. The molecule has 0 unspecified atom stereocenters. The summed E-state index contributed by atoms with van der Waals surface area (Å²) in [5.41, 5.74) is 0.734. The lowest BCUT2D eigenvalue weighted by Crippen LogP contribution is -2.31. The average molecular weight is 407 g/mol. The Labute approximate surface area is 152 Å². The van der Waals surface area contributed by atoms with Crippen LogP contribution >= 0.6 is 27.7 Å². The smallest absolute Gasteiger partial charge is 0.239 e. The number of thioether (sulfide) groups is 1. The standard InChI is InChI=1S/C16H15BrN4O2S/c17-11-1-5-14(6-2-11)23-10-20-8-12(7-18-20)19-16-21(13-3-4-13)15(22)9-24-16/h1-2,5-8,13H,3-4,9-10H2. The second-order valence-electron chi connectivity index (χ2n) is 5.64. The average Bonchev–Trinajstić information content (AvgIpc) is 3.20. The maximum Gasteiger partial charge on any atom is 0.239 e. The molecule has 2 heterocycles. The van der Waals surface area contributed by atoms with Crippen LogP contribution in [-0.4, -0.2) is 37.5 Å². The summed E-state index contributed by atoms with van der Waals surface area (Å²) in [7, 11) is 0. The van der Waals surface area contributed by atoms with E-state index in [0.29, 0.717) is 18.5 Å². The van der Waals surface area contributed by atoms with Gasteiger partial charge >= 0.3 is 0 Å². The maximum absolute atomic E-state index is 11.9. The van der Waals surface area contributed by atoms with Gasteiger partial charge in [-0.1, -0.05) is 27.7 Å². The van der Waals surface area contributed by atoms with Crippen molar-refractivity contribution in [3.05, 3.63) is 41.1 Å². The Hall–Kier alpha value is -1.80. The van der Waals surface area contributed by atoms with Gasteiger partial charge in [0.25, 0.3) is 0 Å². The monoisotopic (exact) mass is 406 g/mol. The number of rotatable bonds is 5. The lowest BCUT2D eigenvalue weighted by atomic mass is 10.3. The number of hydrogen-bond acceptors (Lipinski definition) is 5. The quantitative estimate of drug-likeness (QED) is 0.763. The lowest BCUT2D eigenvalue weighted by Gasteiger charge is -2.13. The highest BCUT2D eigenvalue weighted by atomic mass is 79.9. The van der Waals surface area contributed by atoms with Crippen LogP contribution in [0.15, 0.2) is 46.1 Å². The topological polar surface area (TPSA) is 59.7 Å². The molecule has 0 spiro atoms. The van der Waals surface area contributed by atoms with Crippen LogP contribution in [0.4, 0.5) is 5.69 Å². The van der Waals surface area contributed by atoms with Crippen molar-refractivity contribution in [1.29, 1.82) is 0 Å². The van der Waals surface area contributed by atoms with Crippen molar-refractivity contribution in [2.24, 2.45) is 4.99 Å². The summed E-state index contributed by atoms with van der Waals surface area (Å²) in [5, 5.41) is 5.05. The second kappa shape index (κ2) is 6.60. The zero-order chi connectivity index (χ0) is 16.5. The first-order chi connectivity index (χ1) is 11.7. The van der Waals surface area contributed by atoms with Gasteiger partial charge in [-0.3, -0.25) is 9.69 Å². The van der Waals surface area contributed by atoms with Crippen LogP contribution in [0.25, 0.3) is 0 Å². The molecular formula is C16H15BrN4O2S. The van der Waals surface area contributed by atoms with Crippen molar-refractivity contribution < 1.29 is 9.53 Å². The molecule has 0 radical (unpaired) electrons. The van der Waals surface area contributed by atoms with Gasteiger partial charge in [-0.2, -0.15) is 5.10 Å². The van der Waals surface area contributed by atoms with Gasteiger partial charge in [-0.25, -0.2) is 9.67 Å². The molecule has 6 nitrogen and oxygen atoms in total. The fourth-order valence-electron chi connectivity index (χ4n) is 2.41. The second-order valence-corrected chi connectivity index (χ2v) is 7.50. The number of ether oxygens (including phenoxy) is 1. The van der Waals surface area contributed by atoms with Crippen LogP contribution in [-0.2, 0) is 11.5 Å². The minimum Gasteiger partial charge on any atom is -0.471 e. The van der Waals surface area contributed by atoms with Gasteiger partial charge in [-0.05, 0) is 37.1 Å². The summed E-state index contributed by atoms with van der Waals surface area (Å²) in [6, 6.07) is 7.99. The Bertz CT molecular complexity index is 786. The maximum atomic E-state index is 11.9. The van der Waals surface area contributed by atoms with Crippen molar-refractivity contribution in [2.45, 2.75) is 25.6 Å². The normalized spacial score (nSPS) is 19.3. The van der Waals surface area contributed by atoms with Crippen molar-refractivity contribution in [3.8, 4) is 5.75 Å². The largest absolute Gasteiger partial charge is 0.471 e. The number of benzene rings is 1. The Balaban J connectivity index is 1.42. The van der Waals surface area contributed by atoms with E-state index in [-0.39, 0.29) is 5.91 Å². The molecule has 1 aliphatic heterocycles. The van der Waals surface area contributed by atoms with Gasteiger partial charge in [0.2, 0.25) is 5.91 Å². The molecule has 0 bridgehead atoms. The van der Waals surface area contributed by atoms with Gasteiger partial charge in [0.05, 0.1) is 18.1 Å². The summed E-state index contributed by atoms with van der Waals surface area (Å²) in [4.78, 5) is 18.3.